The van der Waals surface area contributed by atoms with Crippen LogP contribution in [0, 0.1) is 0 Å². The number of unbranched alkanes of at least 4 members (excludes halogenated alkanes) is 1. The fourth-order valence-electron chi connectivity index (χ4n) is 2.92. The summed E-state index contributed by atoms with van der Waals surface area (Å²) in [4.78, 5) is 27.6. The van der Waals surface area contributed by atoms with E-state index in [0.29, 0.717) is 6.42 Å². The third-order valence-corrected chi connectivity index (χ3v) is 4.41. The molecule has 0 radical (unpaired) electrons. The number of aryl methyl sites for hydroxylation is 1. The molecule has 0 saturated carbocycles. The zero-order valence-corrected chi connectivity index (χ0v) is 15.9. The third kappa shape index (κ3) is 5.16. The number of rotatable bonds is 9. The highest BCUT2D eigenvalue weighted by atomic mass is 16.5. The van der Waals surface area contributed by atoms with Gasteiger partial charge >= 0.3 is 5.97 Å². The molecule has 0 aliphatic rings. The Bertz CT molecular complexity index is 913. The van der Waals surface area contributed by atoms with E-state index in [1.54, 1.807) is 6.92 Å². The Hall–Kier alpha value is -3.21. The van der Waals surface area contributed by atoms with Crippen LogP contribution < -0.4 is 0 Å². The summed E-state index contributed by atoms with van der Waals surface area (Å²) in [6.07, 6.45) is 4.03. The Kier molecular flexibility index (Phi) is 6.73. The minimum atomic E-state index is -0.579. The molecule has 28 heavy (non-hydrogen) atoms. The molecule has 5 heteroatoms. The van der Waals surface area contributed by atoms with Crippen molar-refractivity contribution in [1.29, 1.82) is 0 Å². The number of ketones is 1. The number of hydrogen-bond donors (Lipinski definition) is 0. The first-order chi connectivity index (χ1) is 13.7. The molecule has 144 valence electrons. The molecule has 3 aromatic rings. The number of hydrogen-bond acceptors (Lipinski definition) is 5. The van der Waals surface area contributed by atoms with E-state index in [0.717, 1.165) is 19.3 Å². The van der Waals surface area contributed by atoms with E-state index < -0.39 is 5.97 Å². The zero-order valence-electron chi connectivity index (χ0n) is 15.9. The standard InChI is InChI=1S/C23H23NO4/c1-2-27-23(26)20-16-28-22(24-20)21(25)11-7-6-8-17-12-14-19(15-13-17)18-9-4-3-5-10-18/h3-5,9-10,12-16H,2,6-8,11H2,1H3. The summed E-state index contributed by atoms with van der Waals surface area (Å²) in [7, 11) is 0. The van der Waals surface area contributed by atoms with Crippen molar-refractivity contribution in [3.8, 4) is 11.1 Å². The van der Waals surface area contributed by atoms with Crippen molar-refractivity contribution in [3.05, 3.63) is 78.0 Å². The van der Waals surface area contributed by atoms with Crippen LogP contribution in [0.15, 0.2) is 65.3 Å². The van der Waals surface area contributed by atoms with Gasteiger partial charge in [0.25, 0.3) is 5.89 Å². The number of carbonyl (C=O) groups is 2. The maximum absolute atomic E-state index is 12.1. The number of benzene rings is 2. The Labute approximate surface area is 164 Å². The number of esters is 1. The van der Waals surface area contributed by atoms with Crippen molar-refractivity contribution in [2.75, 3.05) is 6.61 Å². The second-order valence-electron chi connectivity index (χ2n) is 6.45. The predicted molar refractivity (Wildman–Crippen MR) is 106 cm³/mol. The molecule has 0 aliphatic heterocycles. The Morgan fingerprint density at radius 3 is 2.39 bits per heavy atom. The van der Waals surface area contributed by atoms with Gasteiger partial charge in [0.2, 0.25) is 5.78 Å². The van der Waals surface area contributed by atoms with E-state index in [1.165, 1.54) is 23.0 Å². The monoisotopic (exact) mass is 377 g/mol. The molecule has 0 fully saturated rings. The first-order valence-electron chi connectivity index (χ1n) is 9.47. The van der Waals surface area contributed by atoms with Crippen LogP contribution in [0.5, 0.6) is 0 Å². The van der Waals surface area contributed by atoms with Crippen LogP contribution in [-0.4, -0.2) is 23.3 Å². The van der Waals surface area contributed by atoms with Gasteiger partial charge in [-0.1, -0.05) is 54.6 Å². The van der Waals surface area contributed by atoms with Gasteiger partial charge in [-0.05, 0) is 42.9 Å². The van der Waals surface area contributed by atoms with Gasteiger partial charge in [0, 0.05) is 6.42 Å². The molecule has 5 nitrogen and oxygen atoms in total. The fraction of sp³-hybridized carbons (Fsp3) is 0.261. The maximum atomic E-state index is 12.1. The second kappa shape index (κ2) is 9.65. The fourth-order valence-corrected chi connectivity index (χ4v) is 2.92. The van der Waals surface area contributed by atoms with Crippen molar-refractivity contribution in [3.63, 3.8) is 0 Å². The molecule has 0 spiro atoms. The van der Waals surface area contributed by atoms with Crippen molar-refractivity contribution in [1.82, 2.24) is 4.98 Å². The van der Waals surface area contributed by atoms with Crippen LogP contribution >= 0.6 is 0 Å². The number of nitrogens with zero attached hydrogens (tertiary/aromatic N) is 1. The smallest absolute Gasteiger partial charge is 0.360 e. The topological polar surface area (TPSA) is 69.4 Å². The highest BCUT2D eigenvalue weighted by Gasteiger charge is 2.17. The van der Waals surface area contributed by atoms with E-state index >= 15 is 0 Å². The molecule has 0 aliphatic carbocycles. The van der Waals surface area contributed by atoms with Crippen LogP contribution in [0.4, 0.5) is 0 Å². The van der Waals surface area contributed by atoms with E-state index in [-0.39, 0.29) is 24.0 Å². The van der Waals surface area contributed by atoms with E-state index in [1.807, 2.05) is 18.2 Å². The van der Waals surface area contributed by atoms with E-state index in [9.17, 15) is 9.59 Å². The highest BCUT2D eigenvalue weighted by molar-refractivity contribution is 5.93. The van der Waals surface area contributed by atoms with Crippen molar-refractivity contribution in [2.24, 2.45) is 0 Å². The summed E-state index contributed by atoms with van der Waals surface area (Å²) in [6.45, 7) is 1.96. The number of ether oxygens (including phenoxy) is 1. The summed E-state index contributed by atoms with van der Waals surface area (Å²) in [5, 5.41) is 0. The second-order valence-corrected chi connectivity index (χ2v) is 6.45. The summed E-state index contributed by atoms with van der Waals surface area (Å²) in [6, 6.07) is 18.8. The Balaban J connectivity index is 1.44. The van der Waals surface area contributed by atoms with Crippen LogP contribution in [0.25, 0.3) is 11.1 Å². The van der Waals surface area contributed by atoms with Crippen LogP contribution in [-0.2, 0) is 11.2 Å². The van der Waals surface area contributed by atoms with Gasteiger partial charge in [0.05, 0.1) is 6.61 Å². The first kappa shape index (κ1) is 19.5. The quantitative estimate of drug-likeness (QED) is 0.294. The SMILES string of the molecule is CCOC(=O)c1coc(C(=O)CCCCc2ccc(-c3ccccc3)cc2)n1. The normalized spacial score (nSPS) is 10.6. The van der Waals surface area contributed by atoms with Gasteiger partial charge in [-0.15, -0.1) is 0 Å². The average molecular weight is 377 g/mol. The number of Topliss-reactive ketones (excluding diaryl/α,β-unsaturated/α-hetero) is 1. The molecule has 0 unspecified atom stereocenters. The van der Waals surface area contributed by atoms with Gasteiger partial charge in [-0.2, -0.15) is 4.98 Å². The predicted octanol–water partition coefficient (Wildman–Crippen LogP) is 5.11. The van der Waals surface area contributed by atoms with Crippen molar-refractivity contribution >= 4 is 11.8 Å². The lowest BCUT2D eigenvalue weighted by atomic mass is 10.0. The van der Waals surface area contributed by atoms with Gasteiger partial charge in [0.15, 0.2) is 5.69 Å². The summed E-state index contributed by atoms with van der Waals surface area (Å²) in [5.74, 6) is -0.811. The van der Waals surface area contributed by atoms with Gasteiger partial charge in [-0.25, -0.2) is 4.79 Å². The highest BCUT2D eigenvalue weighted by Crippen LogP contribution is 2.20. The third-order valence-electron chi connectivity index (χ3n) is 4.41. The number of aromatic nitrogens is 1. The molecule has 3 rings (SSSR count). The van der Waals surface area contributed by atoms with E-state index in [2.05, 4.69) is 41.4 Å². The minimum absolute atomic E-state index is 0.0312. The van der Waals surface area contributed by atoms with E-state index in [4.69, 9.17) is 9.15 Å². The lowest BCUT2D eigenvalue weighted by Crippen LogP contribution is -2.06. The lowest BCUT2D eigenvalue weighted by molar-refractivity contribution is 0.0519. The lowest BCUT2D eigenvalue weighted by Gasteiger charge is -2.04. The van der Waals surface area contributed by atoms with Crippen molar-refractivity contribution < 1.29 is 18.7 Å². The summed E-state index contributed by atoms with van der Waals surface area (Å²) in [5.41, 5.74) is 3.67. The van der Waals surface area contributed by atoms with Gasteiger partial charge in [0.1, 0.15) is 6.26 Å². The molecule has 0 amide bonds. The van der Waals surface area contributed by atoms with Crippen LogP contribution in [0.2, 0.25) is 0 Å². The first-order valence-corrected chi connectivity index (χ1v) is 9.47. The summed E-state index contributed by atoms with van der Waals surface area (Å²) < 4.78 is 9.94. The Morgan fingerprint density at radius 2 is 1.68 bits per heavy atom. The van der Waals surface area contributed by atoms with Gasteiger partial charge in [-0.3, -0.25) is 4.79 Å². The average Bonchev–Trinajstić information content (AvgIpc) is 3.23. The Morgan fingerprint density at radius 1 is 0.964 bits per heavy atom. The molecule has 2 aromatic carbocycles. The zero-order chi connectivity index (χ0) is 19.8. The van der Waals surface area contributed by atoms with Gasteiger partial charge < -0.3 is 9.15 Å². The number of carbonyl (C=O) groups excluding carboxylic acids is 2. The number of oxazole rings is 1. The van der Waals surface area contributed by atoms with Crippen molar-refractivity contribution in [2.45, 2.75) is 32.6 Å². The molecule has 0 saturated heterocycles. The molecular weight excluding hydrogens is 354 g/mol. The molecule has 1 heterocycles. The summed E-state index contributed by atoms with van der Waals surface area (Å²) >= 11 is 0. The molecule has 0 bridgehead atoms. The molecular formula is C23H23NO4. The van der Waals surface area contributed by atoms with Crippen LogP contribution in [0.3, 0.4) is 0 Å². The molecule has 0 atom stereocenters. The molecule has 0 N–H and O–H groups in total. The van der Waals surface area contributed by atoms with Crippen LogP contribution in [0.1, 0.15) is 52.9 Å². The minimum Gasteiger partial charge on any atom is -0.461 e. The molecule has 1 aromatic heterocycles. The largest absolute Gasteiger partial charge is 0.461 e. The maximum Gasteiger partial charge on any atom is 0.360 e.